The fourth-order valence-electron chi connectivity index (χ4n) is 3.99. The van der Waals surface area contributed by atoms with Crippen molar-refractivity contribution < 1.29 is 23.0 Å². The number of thiocarbonyl (C=S) groups is 1. The van der Waals surface area contributed by atoms with Crippen molar-refractivity contribution in [1.29, 1.82) is 0 Å². The minimum absolute atomic E-state index is 0. The van der Waals surface area contributed by atoms with Crippen LogP contribution in [0.3, 0.4) is 0 Å². The van der Waals surface area contributed by atoms with Gasteiger partial charge in [-0.2, -0.15) is 0 Å². The molecular weight excluding hydrogens is 843 g/mol. The van der Waals surface area contributed by atoms with Crippen LogP contribution in [0.4, 0.5) is 18.9 Å². The molecule has 1 aliphatic carbocycles. The number of alkyl halides is 3. The number of aromatic hydroxyl groups is 1. The summed E-state index contributed by atoms with van der Waals surface area (Å²) in [4.78, 5) is 0. The van der Waals surface area contributed by atoms with Crippen LogP contribution < -0.4 is 10.1 Å². The van der Waals surface area contributed by atoms with Crippen LogP contribution in [0.15, 0.2) is 81.1 Å². The molecule has 0 saturated heterocycles. The number of halogens is 4. The smallest absolute Gasteiger partial charge is 0.493 e. The first-order valence-electron chi connectivity index (χ1n) is 11.3. The zero-order valence-corrected chi connectivity index (χ0v) is 25.5. The van der Waals surface area contributed by atoms with E-state index in [1.165, 1.54) is 16.7 Å². The molecule has 2 unspecified atom stereocenters. The molecule has 1 heterocycles. The molecule has 0 saturated carbocycles. The molecule has 0 aliphatic heterocycles. The maximum atomic E-state index is 12.9. The molecule has 2 aromatic carbocycles. The van der Waals surface area contributed by atoms with Crippen LogP contribution in [-0.2, 0) is 6.54 Å². The molecule has 2 N–H and O–H groups in total. The Morgan fingerprint density at radius 3 is 2.69 bits per heavy atom. The zero-order valence-electron chi connectivity index (χ0n) is 20.9. The molecule has 2 atom stereocenters. The molecule has 217 valence electrons. The third kappa shape index (κ3) is 7.23. The van der Waals surface area contributed by atoms with Gasteiger partial charge in [0, 0.05) is 9.86 Å². The number of allylic oxidation sites excluding steroid dienone is 4. The summed E-state index contributed by atoms with van der Waals surface area (Å²) in [7, 11) is 0. The van der Waals surface area contributed by atoms with E-state index in [-0.39, 0.29) is 47.9 Å². The van der Waals surface area contributed by atoms with Gasteiger partial charge in [0.25, 0.3) is 0 Å². The van der Waals surface area contributed by atoms with Gasteiger partial charge in [-0.15, -0.1) is 29.3 Å². The minimum atomic E-state index is -4.87. The van der Waals surface area contributed by atoms with Gasteiger partial charge in [0.05, 0.1) is 12.1 Å². The van der Waals surface area contributed by atoms with Gasteiger partial charge in [0.15, 0.2) is 5.69 Å². The first kappa shape index (κ1) is 31.0. The number of benzene rings is 2. The molecule has 3 aromatic rings. The molecule has 1 radical (unpaired) electrons. The first-order chi connectivity index (χ1) is 17.5. The average Bonchev–Trinajstić information content (AvgIpc) is 2.98. The molecule has 6 nitrogen and oxygen atoms in total. The van der Waals surface area contributed by atoms with Gasteiger partial charge in [0.1, 0.15) is 5.75 Å². The van der Waals surface area contributed by atoms with E-state index in [9.17, 15) is 18.3 Å². The van der Waals surface area contributed by atoms with Gasteiger partial charge in [-0.05, 0) is 60.2 Å². The summed E-state index contributed by atoms with van der Waals surface area (Å²) in [5.74, 6) is -0.491. The van der Waals surface area contributed by atoms with Crippen LogP contribution in [0.5, 0.6) is 11.6 Å². The Bertz CT molecular complexity index is 1420. The van der Waals surface area contributed by atoms with Crippen molar-refractivity contribution in [2.45, 2.75) is 26.3 Å². The Balaban J connectivity index is 0.00000267. The first-order valence-corrected chi connectivity index (χ1v) is 12.5. The van der Waals surface area contributed by atoms with E-state index < -0.39 is 12.1 Å². The van der Waals surface area contributed by atoms with E-state index in [0.717, 1.165) is 28.2 Å². The molecule has 12 heteroatoms. The van der Waals surface area contributed by atoms with Gasteiger partial charge in [0.2, 0.25) is 11.0 Å². The number of nitrogens with one attached hydrogen (secondary N) is 1. The number of hydrogen-bond donors (Lipinski definition) is 2. The average molecular weight is 869 g/mol. The van der Waals surface area contributed by atoms with E-state index in [1.54, 1.807) is 0 Å². The Hall–Kier alpha value is -4.18. The van der Waals surface area contributed by atoms with Crippen LogP contribution in [-0.4, -0.2) is 21.1 Å². The van der Waals surface area contributed by atoms with Crippen molar-refractivity contribution in [1.82, 2.24) is 9.88 Å². The second-order valence-electron chi connectivity index (χ2n) is 8.58. The molecule has 0 bridgehead atoms. The SMILES string of the molecule is [CH2-]C1C(NC(=S)N=Nc2c(O)n(Cc3ccccc3Br)c3ccc(OC(F)(F)F)cc23)=CC=CCC1C.[CH3-].[Lr]. The van der Waals surface area contributed by atoms with Crippen LogP contribution in [0.25, 0.3) is 10.9 Å². The van der Waals surface area contributed by atoms with E-state index in [0.29, 0.717) is 5.52 Å². The Morgan fingerprint density at radius 2 is 2.00 bits per heavy atom. The number of hydrogen-bond acceptors (Lipinski definition) is 4. The molecule has 0 fully saturated rings. The Morgan fingerprint density at radius 1 is 1.28 bits per heavy atom. The summed E-state index contributed by atoms with van der Waals surface area (Å²) in [5, 5.41) is 22.5. The number of aromatic nitrogens is 1. The van der Waals surface area contributed by atoms with Crippen LogP contribution in [0, 0.1) is 26.2 Å². The molecular formula is C27H26BrF3LrN4O2S-2. The summed E-state index contributed by atoms with van der Waals surface area (Å²) in [6.45, 7) is 6.48. The van der Waals surface area contributed by atoms with E-state index >= 15 is 0 Å². The van der Waals surface area contributed by atoms with Crippen molar-refractivity contribution >= 4 is 49.9 Å². The van der Waals surface area contributed by atoms with Crippen molar-refractivity contribution in [3.05, 3.63) is 90.8 Å². The van der Waals surface area contributed by atoms with Gasteiger partial charge in [-0.3, -0.25) is 0 Å². The van der Waals surface area contributed by atoms with Gasteiger partial charge < -0.3 is 34.1 Å². The number of rotatable bonds is 5. The van der Waals surface area contributed by atoms with Crippen molar-refractivity contribution in [3.63, 3.8) is 0 Å². The Labute approximate surface area is 233 Å². The summed E-state index contributed by atoms with van der Waals surface area (Å²) in [6.07, 6.45) is 1.82. The van der Waals surface area contributed by atoms with Crippen molar-refractivity contribution in [2.75, 3.05) is 0 Å². The normalized spacial score (nSPS) is 17.2. The minimum Gasteiger partial charge on any atom is -0.493 e. The number of azo groups is 1. The second kappa shape index (κ2) is 12.6. The summed E-state index contributed by atoms with van der Waals surface area (Å²) >= 11 is 8.81. The number of fused-ring (bicyclic) bond motifs is 1. The summed E-state index contributed by atoms with van der Waals surface area (Å²) in [5.41, 5.74) is 2.02. The topological polar surface area (TPSA) is 71.1 Å². The standard InChI is InChI=1S/C26H23BrF3N4O2S.CH3.Lr/c1-15-7-3-6-10-21(16(15)2)31-25(37)33-32-23-19-13-18(36-26(28,29)30)11-12-22(19)34(24(23)35)14-17-8-4-5-9-20(17)27;;/h3-6,8-13,15-16,35H,2,7,14H2,1H3,(H,31,37);1H3;/q2*-1;. The predicted molar refractivity (Wildman–Crippen MR) is 150 cm³/mol. The zero-order chi connectivity index (χ0) is 26.7. The molecule has 0 amide bonds. The Kier molecular flexibility index (Phi) is 10.0. The monoisotopic (exact) mass is 868 g/mol. The molecule has 1 aliphatic rings. The molecule has 0 spiro atoms. The summed E-state index contributed by atoms with van der Waals surface area (Å²) in [6, 6.07) is 11.2. The third-order valence-electron chi connectivity index (χ3n) is 6.00. The maximum Gasteiger partial charge on any atom is 0.573 e. The number of nitrogens with zero attached hydrogens (tertiary/aromatic N) is 3. The van der Waals surface area contributed by atoms with E-state index in [2.05, 4.69) is 50.1 Å². The predicted octanol–water partition coefficient (Wildman–Crippen LogP) is 8.39. The van der Waals surface area contributed by atoms with Crippen LogP contribution >= 0.6 is 28.1 Å². The van der Waals surface area contributed by atoms with E-state index in [4.69, 9.17) is 12.2 Å². The summed E-state index contributed by atoms with van der Waals surface area (Å²) < 4.78 is 45.0. The van der Waals surface area contributed by atoms with E-state index in [1.807, 2.05) is 42.5 Å². The van der Waals surface area contributed by atoms with Crippen LogP contribution in [0.2, 0.25) is 0 Å². The van der Waals surface area contributed by atoms with Gasteiger partial charge in [-0.25, -0.2) is 0 Å². The molecule has 4 rings (SSSR count). The maximum absolute atomic E-state index is 12.9. The molecule has 1 aromatic heterocycles. The molecule has 39 heavy (non-hydrogen) atoms. The van der Waals surface area contributed by atoms with Crippen molar-refractivity contribution in [3.8, 4) is 11.6 Å². The second-order valence-corrected chi connectivity index (χ2v) is 9.82. The van der Waals surface area contributed by atoms with Crippen LogP contribution in [0.1, 0.15) is 18.9 Å². The van der Waals surface area contributed by atoms with Crippen molar-refractivity contribution in [2.24, 2.45) is 22.1 Å². The fourth-order valence-corrected chi connectivity index (χ4v) is 4.56. The third-order valence-corrected chi connectivity index (χ3v) is 6.96. The largest absolute Gasteiger partial charge is 0.573 e. The number of ether oxygens (including phenoxy) is 1. The fraction of sp³-hybridized carbons (Fsp3) is 0.222. The van der Waals surface area contributed by atoms with Gasteiger partial charge >= 0.3 is 6.36 Å². The van der Waals surface area contributed by atoms with Gasteiger partial charge in [-0.1, -0.05) is 59.1 Å². The quantitative estimate of drug-likeness (QED) is 0.154.